The molecule has 0 aliphatic carbocycles. The van der Waals surface area contributed by atoms with Crippen LogP contribution in [0.2, 0.25) is 0 Å². The minimum atomic E-state index is -4.47. The summed E-state index contributed by atoms with van der Waals surface area (Å²) in [5.74, 6) is 4.40. The van der Waals surface area contributed by atoms with Crippen molar-refractivity contribution in [3.63, 3.8) is 0 Å². The van der Waals surface area contributed by atoms with Gasteiger partial charge in [0.05, 0.1) is 5.04 Å². The van der Waals surface area contributed by atoms with Crippen LogP contribution in [0.15, 0.2) is 35.6 Å². The lowest BCUT2D eigenvalue weighted by atomic mass is 10.0. The standard InChI is InChI=1S/C18H18F3N7O2S/c1-2-23-17(30)27-14-6-10(16-26-13(8-31-16)18(19,20)21)11(7-25-14)9-3-4-24-12(5-9)15(29)28-22/h3-7,13H,2,8,22H2,1H3,(H,28,29)(H2,23,25,27,30). The number of urea groups is 1. The van der Waals surface area contributed by atoms with Crippen molar-refractivity contribution in [2.75, 3.05) is 17.6 Å². The zero-order chi connectivity index (χ0) is 22.6. The fraction of sp³-hybridized carbons (Fsp3) is 0.278. The van der Waals surface area contributed by atoms with Gasteiger partial charge in [-0.05, 0) is 30.7 Å². The number of rotatable bonds is 5. The molecule has 0 bridgehead atoms. The number of nitrogens with zero attached hydrogens (tertiary/aromatic N) is 3. The molecular formula is C18H18F3N7O2S. The van der Waals surface area contributed by atoms with Crippen LogP contribution >= 0.6 is 11.8 Å². The number of amides is 3. The molecule has 2 aromatic rings. The first-order chi connectivity index (χ1) is 14.7. The van der Waals surface area contributed by atoms with Crippen molar-refractivity contribution in [1.29, 1.82) is 0 Å². The van der Waals surface area contributed by atoms with E-state index in [2.05, 4.69) is 25.6 Å². The number of alkyl halides is 3. The van der Waals surface area contributed by atoms with Crippen LogP contribution in [0.25, 0.3) is 11.1 Å². The summed E-state index contributed by atoms with van der Waals surface area (Å²) >= 11 is 0.951. The Morgan fingerprint density at radius 3 is 2.68 bits per heavy atom. The maximum atomic E-state index is 13.1. The van der Waals surface area contributed by atoms with E-state index in [1.54, 1.807) is 13.0 Å². The van der Waals surface area contributed by atoms with Crippen molar-refractivity contribution in [2.24, 2.45) is 10.8 Å². The summed E-state index contributed by atoms with van der Waals surface area (Å²) in [6, 6.07) is 2.11. The van der Waals surface area contributed by atoms with E-state index in [0.717, 1.165) is 11.8 Å². The third-order valence-corrected chi connectivity index (χ3v) is 5.26. The number of aromatic nitrogens is 2. The number of pyridine rings is 2. The van der Waals surface area contributed by atoms with Gasteiger partial charge in [0.2, 0.25) is 0 Å². The Hall–Kier alpha value is -3.19. The molecule has 0 aromatic carbocycles. The first-order valence-corrected chi connectivity index (χ1v) is 10.0. The molecule has 13 heteroatoms. The Morgan fingerprint density at radius 1 is 1.26 bits per heavy atom. The van der Waals surface area contributed by atoms with E-state index in [4.69, 9.17) is 5.84 Å². The van der Waals surface area contributed by atoms with E-state index < -0.39 is 24.2 Å². The van der Waals surface area contributed by atoms with E-state index in [0.29, 0.717) is 23.2 Å². The van der Waals surface area contributed by atoms with Crippen LogP contribution in [-0.2, 0) is 0 Å². The maximum absolute atomic E-state index is 13.1. The second-order valence-electron chi connectivity index (χ2n) is 6.31. The highest BCUT2D eigenvalue weighted by Gasteiger charge is 2.43. The van der Waals surface area contributed by atoms with Gasteiger partial charge in [0.25, 0.3) is 5.91 Å². The van der Waals surface area contributed by atoms with Gasteiger partial charge >= 0.3 is 12.2 Å². The summed E-state index contributed by atoms with van der Waals surface area (Å²) in [7, 11) is 0. The zero-order valence-corrected chi connectivity index (χ0v) is 17.0. The van der Waals surface area contributed by atoms with Crippen molar-refractivity contribution >= 4 is 34.6 Å². The third kappa shape index (κ3) is 5.30. The molecule has 9 nitrogen and oxygen atoms in total. The van der Waals surface area contributed by atoms with Crippen molar-refractivity contribution < 1.29 is 22.8 Å². The fourth-order valence-electron chi connectivity index (χ4n) is 2.74. The highest BCUT2D eigenvalue weighted by molar-refractivity contribution is 8.14. The third-order valence-electron chi connectivity index (χ3n) is 4.18. The number of nitrogen functional groups attached to an aromatic ring is 1. The van der Waals surface area contributed by atoms with Crippen molar-refractivity contribution in [1.82, 2.24) is 20.7 Å². The van der Waals surface area contributed by atoms with E-state index in [1.807, 2.05) is 5.43 Å². The van der Waals surface area contributed by atoms with Crippen LogP contribution in [0.3, 0.4) is 0 Å². The predicted molar refractivity (Wildman–Crippen MR) is 111 cm³/mol. The number of carbonyl (C=O) groups excluding carboxylic acids is 2. The van der Waals surface area contributed by atoms with E-state index in [-0.39, 0.29) is 22.3 Å². The van der Waals surface area contributed by atoms with Gasteiger partial charge in [-0.15, -0.1) is 11.8 Å². The van der Waals surface area contributed by atoms with Crippen LogP contribution in [-0.4, -0.2) is 51.5 Å². The number of carbonyl (C=O) groups is 2. The summed E-state index contributed by atoms with van der Waals surface area (Å²) in [4.78, 5) is 35.6. The first kappa shape index (κ1) is 22.5. The molecule has 1 aliphatic rings. The van der Waals surface area contributed by atoms with Gasteiger partial charge in [-0.1, -0.05) is 0 Å². The molecule has 3 amide bonds. The molecule has 0 radical (unpaired) electrons. The summed E-state index contributed by atoms with van der Waals surface area (Å²) in [5.41, 5.74) is 3.22. The van der Waals surface area contributed by atoms with Crippen LogP contribution in [0.5, 0.6) is 0 Å². The van der Waals surface area contributed by atoms with Gasteiger partial charge in [0.1, 0.15) is 11.5 Å². The molecule has 0 fully saturated rings. The SMILES string of the molecule is CCNC(=O)Nc1cc(C2=NC(C(F)(F)F)CS2)c(-c2ccnc(C(=O)NN)c2)cn1. The number of nitrogens with two attached hydrogens (primary N) is 1. The normalized spacial score (nSPS) is 15.9. The number of thioether (sulfide) groups is 1. The summed E-state index contributed by atoms with van der Waals surface area (Å²) in [6.07, 6.45) is -1.71. The molecule has 31 heavy (non-hydrogen) atoms. The van der Waals surface area contributed by atoms with Gasteiger partial charge < -0.3 is 5.32 Å². The molecule has 0 saturated heterocycles. The van der Waals surface area contributed by atoms with Gasteiger partial charge in [-0.3, -0.25) is 25.5 Å². The lowest BCUT2D eigenvalue weighted by Crippen LogP contribution is -2.30. The van der Waals surface area contributed by atoms with Gasteiger partial charge in [0, 0.05) is 35.8 Å². The molecule has 1 atom stereocenters. The molecule has 0 saturated carbocycles. The summed E-state index contributed by atoms with van der Waals surface area (Å²) < 4.78 is 39.4. The maximum Gasteiger partial charge on any atom is 0.411 e. The molecule has 0 spiro atoms. The lowest BCUT2D eigenvalue weighted by molar-refractivity contribution is -0.141. The van der Waals surface area contributed by atoms with Crippen LogP contribution in [0.4, 0.5) is 23.8 Å². The second kappa shape index (κ2) is 9.31. The van der Waals surface area contributed by atoms with Crippen LogP contribution < -0.4 is 21.9 Å². The van der Waals surface area contributed by atoms with Crippen molar-refractivity contribution in [2.45, 2.75) is 19.1 Å². The van der Waals surface area contributed by atoms with Crippen LogP contribution in [0.1, 0.15) is 23.0 Å². The number of hydrogen-bond donors (Lipinski definition) is 4. The number of nitrogens with one attached hydrogen (secondary N) is 3. The Kier molecular flexibility index (Phi) is 6.75. The quantitative estimate of drug-likeness (QED) is 0.312. The topological polar surface area (TPSA) is 134 Å². The molecule has 5 N–H and O–H groups in total. The number of halogens is 3. The van der Waals surface area contributed by atoms with E-state index in [9.17, 15) is 22.8 Å². The molecule has 3 rings (SSSR count). The number of aliphatic imine (C=N–C) groups is 1. The average Bonchev–Trinajstić information content (AvgIpc) is 3.24. The monoisotopic (exact) mass is 453 g/mol. The molecule has 1 aliphatic heterocycles. The smallest absolute Gasteiger partial charge is 0.338 e. The zero-order valence-electron chi connectivity index (χ0n) is 16.2. The fourth-order valence-corrected chi connectivity index (χ4v) is 3.84. The van der Waals surface area contributed by atoms with Crippen molar-refractivity contribution in [3.8, 4) is 11.1 Å². The highest BCUT2D eigenvalue weighted by Crippen LogP contribution is 2.36. The van der Waals surface area contributed by atoms with Gasteiger partial charge in [0.15, 0.2) is 6.04 Å². The Morgan fingerprint density at radius 2 is 2.03 bits per heavy atom. The van der Waals surface area contributed by atoms with Crippen molar-refractivity contribution in [3.05, 3.63) is 41.9 Å². The summed E-state index contributed by atoms with van der Waals surface area (Å²) in [5, 5.41) is 5.22. The molecule has 1 unspecified atom stereocenters. The van der Waals surface area contributed by atoms with Crippen LogP contribution in [0, 0.1) is 0 Å². The largest absolute Gasteiger partial charge is 0.411 e. The minimum Gasteiger partial charge on any atom is -0.338 e. The number of hydrazine groups is 1. The highest BCUT2D eigenvalue weighted by atomic mass is 32.2. The average molecular weight is 453 g/mol. The van der Waals surface area contributed by atoms with Gasteiger partial charge in [-0.2, -0.15) is 13.2 Å². The summed E-state index contributed by atoms with van der Waals surface area (Å²) in [6.45, 7) is 2.12. The van der Waals surface area contributed by atoms with E-state index in [1.165, 1.54) is 24.5 Å². The molecule has 3 heterocycles. The second-order valence-corrected chi connectivity index (χ2v) is 7.31. The predicted octanol–water partition coefficient (Wildman–Crippen LogP) is 2.31. The first-order valence-electron chi connectivity index (χ1n) is 9.03. The number of hydrogen-bond acceptors (Lipinski definition) is 7. The Balaban J connectivity index is 2.07. The minimum absolute atomic E-state index is 0.0182. The van der Waals surface area contributed by atoms with Gasteiger partial charge in [-0.25, -0.2) is 15.6 Å². The molecule has 164 valence electrons. The number of anilines is 1. The Bertz CT molecular complexity index is 1030. The van der Waals surface area contributed by atoms with E-state index >= 15 is 0 Å². The Labute approximate surface area is 179 Å². The molecular weight excluding hydrogens is 435 g/mol. The lowest BCUT2D eigenvalue weighted by Gasteiger charge is -2.13. The molecule has 2 aromatic heterocycles.